The number of hydrogen-bond acceptors (Lipinski definition) is 1. The molecule has 0 saturated carbocycles. The molecule has 0 amide bonds. The Morgan fingerprint density at radius 2 is 1.75 bits per heavy atom. The summed E-state index contributed by atoms with van der Waals surface area (Å²) in [6.07, 6.45) is 0.821. The Balaban J connectivity index is 1.91. The Labute approximate surface area is 127 Å². The van der Waals surface area contributed by atoms with Crippen molar-refractivity contribution >= 4 is 23.2 Å². The SMILES string of the molecule is Fc1ccc(C2(Cc3ccc(Cl)cc3Cl)CNC2)cc1. The normalized spacial score (nSPS) is 16.8. The number of nitrogens with one attached hydrogen (secondary N) is 1. The first-order valence-corrected chi connectivity index (χ1v) is 7.25. The fourth-order valence-electron chi connectivity index (χ4n) is 2.69. The monoisotopic (exact) mass is 309 g/mol. The first-order valence-electron chi connectivity index (χ1n) is 6.50. The van der Waals surface area contributed by atoms with Crippen LogP contribution in [-0.4, -0.2) is 13.1 Å². The van der Waals surface area contributed by atoms with Crippen molar-refractivity contribution in [3.63, 3.8) is 0 Å². The third-order valence-electron chi connectivity index (χ3n) is 3.93. The first-order chi connectivity index (χ1) is 9.59. The van der Waals surface area contributed by atoms with Crippen LogP contribution in [-0.2, 0) is 11.8 Å². The van der Waals surface area contributed by atoms with E-state index in [4.69, 9.17) is 23.2 Å². The van der Waals surface area contributed by atoms with Crippen LogP contribution in [0.2, 0.25) is 10.0 Å². The minimum Gasteiger partial charge on any atom is -0.315 e. The average molecular weight is 310 g/mol. The smallest absolute Gasteiger partial charge is 0.123 e. The summed E-state index contributed by atoms with van der Waals surface area (Å²) in [6.45, 7) is 1.75. The van der Waals surface area contributed by atoms with Crippen molar-refractivity contribution in [2.24, 2.45) is 0 Å². The van der Waals surface area contributed by atoms with E-state index in [-0.39, 0.29) is 11.2 Å². The molecule has 1 N–H and O–H groups in total. The van der Waals surface area contributed by atoms with Crippen LogP contribution >= 0.6 is 23.2 Å². The second kappa shape index (κ2) is 5.36. The van der Waals surface area contributed by atoms with E-state index in [1.54, 1.807) is 6.07 Å². The zero-order valence-corrected chi connectivity index (χ0v) is 12.3. The molecule has 1 fully saturated rings. The Bertz CT molecular complexity index is 621. The van der Waals surface area contributed by atoms with Crippen LogP contribution < -0.4 is 5.32 Å². The molecule has 0 aliphatic carbocycles. The number of hydrogen-bond donors (Lipinski definition) is 1. The maximum Gasteiger partial charge on any atom is 0.123 e. The van der Waals surface area contributed by atoms with E-state index >= 15 is 0 Å². The van der Waals surface area contributed by atoms with E-state index in [2.05, 4.69) is 5.32 Å². The van der Waals surface area contributed by atoms with Crippen LogP contribution in [0.3, 0.4) is 0 Å². The molecule has 1 aliphatic heterocycles. The molecule has 0 aromatic heterocycles. The van der Waals surface area contributed by atoms with Crippen LogP contribution in [0.25, 0.3) is 0 Å². The minimum atomic E-state index is -0.208. The summed E-state index contributed by atoms with van der Waals surface area (Å²) < 4.78 is 13.1. The zero-order chi connectivity index (χ0) is 14.2. The van der Waals surface area contributed by atoms with Crippen molar-refractivity contribution < 1.29 is 4.39 Å². The molecular weight excluding hydrogens is 296 g/mol. The molecule has 1 saturated heterocycles. The lowest BCUT2D eigenvalue weighted by molar-refractivity contribution is 0.274. The molecule has 1 heterocycles. The van der Waals surface area contributed by atoms with Crippen LogP contribution in [0.5, 0.6) is 0 Å². The van der Waals surface area contributed by atoms with E-state index in [0.29, 0.717) is 10.0 Å². The molecule has 0 radical (unpaired) electrons. The number of halogens is 3. The highest BCUT2D eigenvalue weighted by Gasteiger charge is 2.39. The molecule has 104 valence electrons. The summed E-state index contributed by atoms with van der Waals surface area (Å²) >= 11 is 12.2. The Morgan fingerprint density at radius 3 is 2.30 bits per heavy atom. The summed E-state index contributed by atoms with van der Waals surface area (Å²) in [5, 5.41) is 4.63. The lowest BCUT2D eigenvalue weighted by Gasteiger charge is -2.43. The standard InChI is InChI=1S/C16H14Cl2FN/c17-13-4-1-11(15(18)7-13)8-16(9-20-10-16)12-2-5-14(19)6-3-12/h1-7,20H,8-10H2. The molecule has 2 aromatic rings. The van der Waals surface area contributed by atoms with Gasteiger partial charge >= 0.3 is 0 Å². The van der Waals surface area contributed by atoms with Gasteiger partial charge in [-0.25, -0.2) is 4.39 Å². The summed E-state index contributed by atoms with van der Waals surface area (Å²) in [6, 6.07) is 12.3. The maximum atomic E-state index is 13.1. The van der Waals surface area contributed by atoms with Crippen molar-refractivity contribution in [1.29, 1.82) is 0 Å². The van der Waals surface area contributed by atoms with Crippen molar-refractivity contribution in [2.45, 2.75) is 11.8 Å². The van der Waals surface area contributed by atoms with Crippen LogP contribution in [0.15, 0.2) is 42.5 Å². The second-order valence-corrected chi connectivity index (χ2v) is 6.15. The van der Waals surface area contributed by atoms with Gasteiger partial charge in [-0.2, -0.15) is 0 Å². The number of benzene rings is 2. The van der Waals surface area contributed by atoms with Gasteiger partial charge < -0.3 is 5.32 Å². The van der Waals surface area contributed by atoms with Gasteiger partial charge in [0.05, 0.1) is 0 Å². The summed E-state index contributed by atoms with van der Waals surface area (Å²) in [4.78, 5) is 0. The lowest BCUT2D eigenvalue weighted by atomic mass is 9.71. The molecule has 0 spiro atoms. The zero-order valence-electron chi connectivity index (χ0n) is 10.8. The molecule has 4 heteroatoms. The van der Waals surface area contributed by atoms with E-state index in [1.807, 2.05) is 24.3 Å². The van der Waals surface area contributed by atoms with Gasteiger partial charge in [-0.3, -0.25) is 0 Å². The Hall–Kier alpha value is -1.09. The summed E-state index contributed by atoms with van der Waals surface area (Å²) in [7, 11) is 0. The third-order valence-corrected chi connectivity index (χ3v) is 4.51. The fraction of sp³-hybridized carbons (Fsp3) is 0.250. The molecular formula is C16H14Cl2FN. The highest BCUT2D eigenvalue weighted by Crippen LogP contribution is 2.35. The minimum absolute atomic E-state index is 0.00876. The van der Waals surface area contributed by atoms with Crippen LogP contribution in [0, 0.1) is 5.82 Å². The topological polar surface area (TPSA) is 12.0 Å². The van der Waals surface area contributed by atoms with Crippen LogP contribution in [0.1, 0.15) is 11.1 Å². The highest BCUT2D eigenvalue weighted by atomic mass is 35.5. The van der Waals surface area contributed by atoms with E-state index in [0.717, 1.165) is 30.6 Å². The molecule has 0 atom stereocenters. The van der Waals surface area contributed by atoms with Gasteiger partial charge in [-0.05, 0) is 41.8 Å². The van der Waals surface area contributed by atoms with E-state index < -0.39 is 0 Å². The lowest BCUT2D eigenvalue weighted by Crippen LogP contribution is -2.58. The highest BCUT2D eigenvalue weighted by molar-refractivity contribution is 6.35. The molecule has 2 aromatic carbocycles. The quantitative estimate of drug-likeness (QED) is 0.895. The number of rotatable bonds is 3. The van der Waals surface area contributed by atoms with Crippen molar-refractivity contribution in [1.82, 2.24) is 5.32 Å². The maximum absolute atomic E-state index is 13.1. The molecule has 0 bridgehead atoms. The van der Waals surface area contributed by atoms with Gasteiger partial charge in [-0.15, -0.1) is 0 Å². The largest absolute Gasteiger partial charge is 0.315 e. The van der Waals surface area contributed by atoms with E-state index in [1.165, 1.54) is 12.1 Å². The molecule has 0 unspecified atom stereocenters. The van der Waals surface area contributed by atoms with Crippen molar-refractivity contribution in [2.75, 3.05) is 13.1 Å². The molecule has 3 rings (SSSR count). The third kappa shape index (κ3) is 2.56. The second-order valence-electron chi connectivity index (χ2n) is 5.30. The van der Waals surface area contributed by atoms with Gasteiger partial charge in [-0.1, -0.05) is 41.4 Å². The van der Waals surface area contributed by atoms with Crippen LogP contribution in [0.4, 0.5) is 4.39 Å². The fourth-order valence-corrected chi connectivity index (χ4v) is 3.17. The summed E-state index contributed by atoms with van der Waals surface area (Å²) in [5.74, 6) is -0.208. The Kier molecular flexibility index (Phi) is 3.72. The van der Waals surface area contributed by atoms with Crippen molar-refractivity contribution in [3.8, 4) is 0 Å². The van der Waals surface area contributed by atoms with Gasteiger partial charge in [0, 0.05) is 28.5 Å². The van der Waals surface area contributed by atoms with E-state index in [9.17, 15) is 4.39 Å². The molecule has 1 nitrogen and oxygen atoms in total. The predicted molar refractivity (Wildman–Crippen MR) is 81.1 cm³/mol. The predicted octanol–water partition coefficient (Wildman–Crippen LogP) is 4.22. The Morgan fingerprint density at radius 1 is 1.05 bits per heavy atom. The molecule has 20 heavy (non-hydrogen) atoms. The molecule has 1 aliphatic rings. The van der Waals surface area contributed by atoms with Gasteiger partial charge in [0.25, 0.3) is 0 Å². The van der Waals surface area contributed by atoms with Gasteiger partial charge in [0.15, 0.2) is 0 Å². The summed E-state index contributed by atoms with van der Waals surface area (Å²) in [5.41, 5.74) is 2.20. The van der Waals surface area contributed by atoms with Gasteiger partial charge in [0.1, 0.15) is 5.82 Å². The average Bonchev–Trinajstić information content (AvgIpc) is 2.37. The van der Waals surface area contributed by atoms with Crippen molar-refractivity contribution in [3.05, 3.63) is 69.5 Å². The van der Waals surface area contributed by atoms with Gasteiger partial charge in [0.2, 0.25) is 0 Å². The first kappa shape index (κ1) is 13.9.